The number of rotatable bonds is 6. The molecule has 2 aromatic rings. The van der Waals surface area contributed by atoms with Gasteiger partial charge in [0.1, 0.15) is 5.82 Å². The molecule has 0 saturated carbocycles. The van der Waals surface area contributed by atoms with E-state index in [1.54, 1.807) is 0 Å². The van der Waals surface area contributed by atoms with Crippen LogP contribution < -0.4 is 10.2 Å². The summed E-state index contributed by atoms with van der Waals surface area (Å²) in [7, 11) is 4.00. The second kappa shape index (κ2) is 6.57. The summed E-state index contributed by atoms with van der Waals surface area (Å²) >= 11 is 0. The number of anilines is 1. The molecule has 1 aromatic heterocycles. The van der Waals surface area contributed by atoms with Crippen LogP contribution in [0.4, 0.5) is 5.82 Å². The number of aromatic nitrogens is 2. The number of nitrogens with one attached hydrogen (secondary N) is 1. The van der Waals surface area contributed by atoms with Crippen LogP contribution in [0.2, 0.25) is 0 Å². The van der Waals surface area contributed by atoms with Crippen LogP contribution in [0, 0.1) is 6.92 Å². The van der Waals surface area contributed by atoms with Crippen molar-refractivity contribution in [3.8, 4) is 0 Å². The van der Waals surface area contributed by atoms with E-state index in [-0.39, 0.29) is 0 Å². The Morgan fingerprint density at radius 3 is 2.55 bits per heavy atom. The van der Waals surface area contributed by atoms with Crippen LogP contribution in [0.5, 0.6) is 0 Å². The van der Waals surface area contributed by atoms with Gasteiger partial charge in [0.05, 0.1) is 5.69 Å². The molecule has 0 aliphatic heterocycles. The van der Waals surface area contributed by atoms with Gasteiger partial charge < -0.3 is 10.2 Å². The van der Waals surface area contributed by atoms with Crippen molar-refractivity contribution < 1.29 is 0 Å². The Bertz CT molecular complexity index is 545. The van der Waals surface area contributed by atoms with Crippen LogP contribution in [0.3, 0.4) is 0 Å². The maximum Gasteiger partial charge on any atom is 0.131 e. The van der Waals surface area contributed by atoms with Crippen LogP contribution in [-0.2, 0) is 20.1 Å². The highest BCUT2D eigenvalue weighted by Crippen LogP contribution is 2.24. The Morgan fingerprint density at radius 2 is 1.95 bits per heavy atom. The normalized spacial score (nSPS) is 10.8. The van der Waals surface area contributed by atoms with Crippen molar-refractivity contribution in [2.24, 2.45) is 7.05 Å². The SMILES string of the molecule is CCN(Cc1ccccc1)c1c(CNC)c(C)nn1C. The quantitative estimate of drug-likeness (QED) is 0.877. The molecule has 1 aromatic carbocycles. The van der Waals surface area contributed by atoms with Crippen molar-refractivity contribution in [2.45, 2.75) is 26.9 Å². The lowest BCUT2D eigenvalue weighted by Gasteiger charge is -2.24. The molecular weight excluding hydrogens is 248 g/mol. The van der Waals surface area contributed by atoms with Gasteiger partial charge in [-0.1, -0.05) is 30.3 Å². The van der Waals surface area contributed by atoms with Crippen LogP contribution in [0.15, 0.2) is 30.3 Å². The molecule has 108 valence electrons. The fourth-order valence-electron chi connectivity index (χ4n) is 2.61. The van der Waals surface area contributed by atoms with Crippen molar-refractivity contribution in [3.05, 3.63) is 47.2 Å². The summed E-state index contributed by atoms with van der Waals surface area (Å²) in [4.78, 5) is 2.38. The molecule has 0 saturated heterocycles. The van der Waals surface area contributed by atoms with Gasteiger partial charge in [-0.15, -0.1) is 0 Å². The summed E-state index contributed by atoms with van der Waals surface area (Å²) in [5.41, 5.74) is 3.71. The predicted molar refractivity (Wildman–Crippen MR) is 83.9 cm³/mol. The van der Waals surface area contributed by atoms with Crippen molar-refractivity contribution in [1.82, 2.24) is 15.1 Å². The first-order valence-corrected chi connectivity index (χ1v) is 7.13. The van der Waals surface area contributed by atoms with Crippen molar-refractivity contribution in [1.29, 1.82) is 0 Å². The maximum absolute atomic E-state index is 4.58. The molecule has 0 aliphatic rings. The number of benzene rings is 1. The molecule has 20 heavy (non-hydrogen) atoms. The summed E-state index contributed by atoms with van der Waals surface area (Å²) in [6, 6.07) is 10.6. The van der Waals surface area contributed by atoms with Crippen LogP contribution in [0.25, 0.3) is 0 Å². The third kappa shape index (κ3) is 3.02. The molecule has 2 rings (SSSR count). The first-order chi connectivity index (χ1) is 9.67. The van der Waals surface area contributed by atoms with E-state index in [0.717, 1.165) is 25.3 Å². The van der Waals surface area contributed by atoms with Gasteiger partial charge in [-0.3, -0.25) is 4.68 Å². The maximum atomic E-state index is 4.58. The summed E-state index contributed by atoms with van der Waals surface area (Å²) in [6.45, 7) is 6.98. The zero-order valence-electron chi connectivity index (χ0n) is 12.8. The molecule has 4 heteroatoms. The lowest BCUT2D eigenvalue weighted by molar-refractivity contribution is 0.701. The zero-order valence-corrected chi connectivity index (χ0v) is 12.8. The minimum Gasteiger partial charge on any atom is -0.353 e. The van der Waals surface area contributed by atoms with E-state index in [2.05, 4.69) is 59.5 Å². The van der Waals surface area contributed by atoms with Crippen molar-refractivity contribution in [3.63, 3.8) is 0 Å². The minimum absolute atomic E-state index is 0.848. The molecule has 0 fully saturated rings. The van der Waals surface area contributed by atoms with Gasteiger partial charge in [-0.2, -0.15) is 5.10 Å². The Balaban J connectivity index is 2.32. The number of hydrogen-bond donors (Lipinski definition) is 1. The molecular formula is C16H24N4. The van der Waals surface area contributed by atoms with Gasteiger partial charge >= 0.3 is 0 Å². The van der Waals surface area contributed by atoms with E-state index in [9.17, 15) is 0 Å². The van der Waals surface area contributed by atoms with Crippen molar-refractivity contribution >= 4 is 5.82 Å². The van der Waals surface area contributed by atoms with Gasteiger partial charge in [-0.05, 0) is 26.5 Å². The Labute approximate surface area is 121 Å². The Kier molecular flexibility index (Phi) is 4.79. The zero-order chi connectivity index (χ0) is 14.5. The molecule has 0 radical (unpaired) electrons. The summed E-state index contributed by atoms with van der Waals surface area (Å²) in [5.74, 6) is 1.21. The van der Waals surface area contributed by atoms with E-state index in [1.807, 2.05) is 18.8 Å². The van der Waals surface area contributed by atoms with E-state index in [1.165, 1.54) is 16.9 Å². The lowest BCUT2D eigenvalue weighted by Crippen LogP contribution is -2.26. The van der Waals surface area contributed by atoms with Crippen molar-refractivity contribution in [2.75, 3.05) is 18.5 Å². The van der Waals surface area contributed by atoms with Crippen LogP contribution in [0.1, 0.15) is 23.7 Å². The van der Waals surface area contributed by atoms with Crippen LogP contribution >= 0.6 is 0 Å². The summed E-state index contributed by atoms with van der Waals surface area (Å²) < 4.78 is 1.99. The van der Waals surface area contributed by atoms with E-state index in [0.29, 0.717) is 0 Å². The lowest BCUT2D eigenvalue weighted by atomic mass is 10.2. The van der Waals surface area contributed by atoms with Gasteiger partial charge in [-0.25, -0.2) is 0 Å². The van der Waals surface area contributed by atoms with E-state index < -0.39 is 0 Å². The van der Waals surface area contributed by atoms with Gasteiger partial charge in [0.25, 0.3) is 0 Å². The molecule has 0 spiro atoms. The van der Waals surface area contributed by atoms with E-state index >= 15 is 0 Å². The summed E-state index contributed by atoms with van der Waals surface area (Å²) in [6.07, 6.45) is 0. The largest absolute Gasteiger partial charge is 0.353 e. The van der Waals surface area contributed by atoms with Gasteiger partial charge in [0.2, 0.25) is 0 Å². The summed E-state index contributed by atoms with van der Waals surface area (Å²) in [5, 5.41) is 7.82. The Morgan fingerprint density at radius 1 is 1.25 bits per heavy atom. The molecule has 0 aliphatic carbocycles. The van der Waals surface area contributed by atoms with E-state index in [4.69, 9.17) is 0 Å². The topological polar surface area (TPSA) is 33.1 Å². The second-order valence-electron chi connectivity index (χ2n) is 5.04. The molecule has 0 atom stereocenters. The van der Waals surface area contributed by atoms with Gasteiger partial charge in [0, 0.05) is 32.2 Å². The first kappa shape index (κ1) is 14.6. The fraction of sp³-hybridized carbons (Fsp3) is 0.438. The second-order valence-corrected chi connectivity index (χ2v) is 5.04. The van der Waals surface area contributed by atoms with Gasteiger partial charge in [0.15, 0.2) is 0 Å². The molecule has 0 bridgehead atoms. The highest BCUT2D eigenvalue weighted by Gasteiger charge is 2.18. The molecule has 1 heterocycles. The monoisotopic (exact) mass is 272 g/mol. The molecule has 0 unspecified atom stereocenters. The average Bonchev–Trinajstić information content (AvgIpc) is 2.73. The highest BCUT2D eigenvalue weighted by molar-refractivity contribution is 5.50. The Hall–Kier alpha value is -1.81. The van der Waals surface area contributed by atoms with Crippen LogP contribution in [-0.4, -0.2) is 23.4 Å². The first-order valence-electron chi connectivity index (χ1n) is 7.13. The number of hydrogen-bond acceptors (Lipinski definition) is 3. The predicted octanol–water partition coefficient (Wildman–Crippen LogP) is 2.47. The third-order valence-electron chi connectivity index (χ3n) is 3.56. The molecule has 0 amide bonds. The third-order valence-corrected chi connectivity index (χ3v) is 3.56. The molecule has 1 N–H and O–H groups in total. The minimum atomic E-state index is 0.848. The average molecular weight is 272 g/mol. The number of nitrogens with zero attached hydrogens (tertiary/aromatic N) is 3. The standard InChI is InChI=1S/C16H24N4/c1-5-20(12-14-9-7-6-8-10-14)16-15(11-17-3)13(2)18-19(16)4/h6-10,17H,5,11-12H2,1-4H3. The smallest absolute Gasteiger partial charge is 0.131 e. The fourth-order valence-corrected chi connectivity index (χ4v) is 2.61. The number of aryl methyl sites for hydroxylation is 2. The highest BCUT2D eigenvalue weighted by atomic mass is 15.4. The molecule has 4 nitrogen and oxygen atoms in total.